The summed E-state index contributed by atoms with van der Waals surface area (Å²) in [4.78, 5) is 0.406. The van der Waals surface area contributed by atoms with Crippen molar-refractivity contribution in [1.82, 2.24) is 5.32 Å². The molecule has 1 heterocycles. The van der Waals surface area contributed by atoms with Crippen LogP contribution < -0.4 is 5.32 Å². The minimum Gasteiger partial charge on any atom is -0.302 e. The van der Waals surface area contributed by atoms with Crippen molar-refractivity contribution in [3.8, 4) is 0 Å². The molecule has 1 saturated heterocycles. The zero-order chi connectivity index (χ0) is 11.0. The number of rotatable bonds is 8. The van der Waals surface area contributed by atoms with Crippen LogP contribution in [-0.4, -0.2) is 17.2 Å². The molecule has 0 spiro atoms. The fourth-order valence-corrected chi connectivity index (χ4v) is 3.37. The van der Waals surface area contributed by atoms with Crippen LogP contribution in [0.4, 0.5) is 0 Å². The Morgan fingerprint density at radius 1 is 1.07 bits per heavy atom. The molecule has 1 aliphatic rings. The fraction of sp³-hybridized carbons (Fsp3) is 1.00. The second kappa shape index (κ2) is 7.56. The van der Waals surface area contributed by atoms with Gasteiger partial charge in [-0.2, -0.15) is 0 Å². The number of hydrogen-bond acceptors (Lipinski definition) is 2. The van der Waals surface area contributed by atoms with Crippen LogP contribution in [0.5, 0.6) is 0 Å². The molecule has 1 atom stereocenters. The third-order valence-corrected chi connectivity index (χ3v) is 4.67. The first-order valence-corrected chi connectivity index (χ1v) is 7.64. The molecule has 0 aromatic carbocycles. The van der Waals surface area contributed by atoms with Crippen molar-refractivity contribution in [2.24, 2.45) is 0 Å². The van der Waals surface area contributed by atoms with E-state index in [0.29, 0.717) is 4.87 Å². The molecule has 0 saturated carbocycles. The second-order valence-electron chi connectivity index (χ2n) is 4.88. The summed E-state index contributed by atoms with van der Waals surface area (Å²) in [5.74, 6) is 1.30. The lowest BCUT2D eigenvalue weighted by Crippen LogP contribution is -2.33. The van der Waals surface area contributed by atoms with E-state index in [1.807, 2.05) is 0 Å². The van der Waals surface area contributed by atoms with E-state index in [0.717, 1.165) is 0 Å². The molecule has 1 fully saturated rings. The highest BCUT2D eigenvalue weighted by molar-refractivity contribution is 8.00. The van der Waals surface area contributed by atoms with Crippen LogP contribution in [0.15, 0.2) is 0 Å². The molecule has 0 bridgehead atoms. The standard InChI is InChI=1S/C13H27NS/c1-3-4-5-6-7-8-9-10-13(2)14-11-12-15-13/h14H,3-12H2,1-2H3. The third kappa shape index (κ3) is 5.82. The van der Waals surface area contributed by atoms with Crippen molar-refractivity contribution in [2.75, 3.05) is 12.3 Å². The zero-order valence-electron chi connectivity index (χ0n) is 10.5. The van der Waals surface area contributed by atoms with Gasteiger partial charge in [-0.3, -0.25) is 0 Å². The summed E-state index contributed by atoms with van der Waals surface area (Å²) < 4.78 is 0. The Morgan fingerprint density at radius 2 is 1.73 bits per heavy atom. The molecule has 1 aliphatic heterocycles. The van der Waals surface area contributed by atoms with Crippen LogP contribution in [0.25, 0.3) is 0 Å². The predicted octanol–water partition coefficient (Wildman–Crippen LogP) is 4.18. The monoisotopic (exact) mass is 229 g/mol. The minimum absolute atomic E-state index is 0.406. The van der Waals surface area contributed by atoms with Gasteiger partial charge in [0.1, 0.15) is 0 Å². The lowest BCUT2D eigenvalue weighted by atomic mass is 10.1. The zero-order valence-corrected chi connectivity index (χ0v) is 11.3. The SMILES string of the molecule is CCCCCCCCCC1(C)NCCS1. The Morgan fingerprint density at radius 3 is 2.33 bits per heavy atom. The summed E-state index contributed by atoms with van der Waals surface area (Å²) in [5.41, 5.74) is 0. The summed E-state index contributed by atoms with van der Waals surface area (Å²) in [6, 6.07) is 0. The number of hydrogen-bond donors (Lipinski definition) is 1. The Kier molecular flexibility index (Phi) is 6.74. The smallest absolute Gasteiger partial charge is 0.0617 e. The first kappa shape index (κ1) is 13.4. The summed E-state index contributed by atoms with van der Waals surface area (Å²) in [6.07, 6.45) is 11.3. The van der Waals surface area contributed by atoms with Crippen molar-refractivity contribution in [3.05, 3.63) is 0 Å². The van der Waals surface area contributed by atoms with Crippen molar-refractivity contribution >= 4 is 11.8 Å². The van der Waals surface area contributed by atoms with Crippen LogP contribution in [0.3, 0.4) is 0 Å². The van der Waals surface area contributed by atoms with Crippen LogP contribution in [-0.2, 0) is 0 Å². The van der Waals surface area contributed by atoms with Gasteiger partial charge in [-0.25, -0.2) is 0 Å². The molecule has 0 aromatic heterocycles. The first-order chi connectivity index (χ1) is 7.27. The molecule has 1 unspecified atom stereocenters. The molecule has 0 aliphatic carbocycles. The molecular formula is C13H27NS. The molecule has 15 heavy (non-hydrogen) atoms. The van der Waals surface area contributed by atoms with Gasteiger partial charge in [0.15, 0.2) is 0 Å². The maximum atomic E-state index is 3.61. The summed E-state index contributed by atoms with van der Waals surface area (Å²) in [6.45, 7) is 5.85. The topological polar surface area (TPSA) is 12.0 Å². The van der Waals surface area contributed by atoms with Gasteiger partial charge < -0.3 is 5.32 Å². The minimum atomic E-state index is 0.406. The fourth-order valence-electron chi connectivity index (χ4n) is 2.22. The summed E-state index contributed by atoms with van der Waals surface area (Å²) in [7, 11) is 0. The highest BCUT2D eigenvalue weighted by Crippen LogP contribution is 2.31. The molecule has 1 N–H and O–H groups in total. The normalized spacial score (nSPS) is 26.0. The molecule has 90 valence electrons. The Labute approximate surface area is 99.8 Å². The van der Waals surface area contributed by atoms with E-state index in [1.54, 1.807) is 0 Å². The van der Waals surface area contributed by atoms with Gasteiger partial charge in [-0.15, -0.1) is 11.8 Å². The van der Waals surface area contributed by atoms with E-state index in [9.17, 15) is 0 Å². The summed E-state index contributed by atoms with van der Waals surface area (Å²) >= 11 is 2.11. The lowest BCUT2D eigenvalue weighted by molar-refractivity contribution is 0.468. The molecule has 2 heteroatoms. The van der Waals surface area contributed by atoms with Gasteiger partial charge in [0, 0.05) is 12.3 Å². The summed E-state index contributed by atoms with van der Waals surface area (Å²) in [5, 5.41) is 3.61. The van der Waals surface area contributed by atoms with Gasteiger partial charge in [-0.05, 0) is 13.3 Å². The van der Waals surface area contributed by atoms with E-state index in [1.165, 1.54) is 63.7 Å². The van der Waals surface area contributed by atoms with Crippen molar-refractivity contribution in [3.63, 3.8) is 0 Å². The average molecular weight is 229 g/mol. The van der Waals surface area contributed by atoms with Crippen LogP contribution in [0.1, 0.15) is 65.2 Å². The Bertz CT molecular complexity index is 153. The average Bonchev–Trinajstić information content (AvgIpc) is 2.64. The van der Waals surface area contributed by atoms with Gasteiger partial charge in [0.2, 0.25) is 0 Å². The van der Waals surface area contributed by atoms with Crippen LogP contribution in [0.2, 0.25) is 0 Å². The van der Waals surface area contributed by atoms with Gasteiger partial charge >= 0.3 is 0 Å². The Balaban J connectivity index is 1.88. The predicted molar refractivity (Wildman–Crippen MR) is 71.5 cm³/mol. The quantitative estimate of drug-likeness (QED) is 0.627. The molecule has 0 aromatic rings. The van der Waals surface area contributed by atoms with Crippen LogP contribution >= 0.6 is 11.8 Å². The van der Waals surface area contributed by atoms with Gasteiger partial charge in [0.25, 0.3) is 0 Å². The van der Waals surface area contributed by atoms with E-state index >= 15 is 0 Å². The molecule has 0 amide bonds. The van der Waals surface area contributed by atoms with Crippen molar-refractivity contribution < 1.29 is 0 Å². The Hall–Kier alpha value is 0.310. The second-order valence-corrected chi connectivity index (χ2v) is 6.48. The first-order valence-electron chi connectivity index (χ1n) is 6.66. The lowest BCUT2D eigenvalue weighted by Gasteiger charge is -2.23. The number of nitrogens with one attached hydrogen (secondary N) is 1. The molecule has 0 radical (unpaired) electrons. The van der Waals surface area contributed by atoms with E-state index < -0.39 is 0 Å². The maximum absolute atomic E-state index is 3.61. The third-order valence-electron chi connectivity index (χ3n) is 3.28. The van der Waals surface area contributed by atoms with Gasteiger partial charge in [-0.1, -0.05) is 51.9 Å². The molecule has 1 rings (SSSR count). The van der Waals surface area contributed by atoms with E-state index in [-0.39, 0.29) is 0 Å². The number of unbranched alkanes of at least 4 members (excludes halogenated alkanes) is 6. The molecule has 1 nitrogen and oxygen atoms in total. The van der Waals surface area contributed by atoms with Gasteiger partial charge in [0.05, 0.1) is 4.87 Å². The van der Waals surface area contributed by atoms with Crippen molar-refractivity contribution in [1.29, 1.82) is 0 Å². The van der Waals surface area contributed by atoms with Crippen LogP contribution in [0, 0.1) is 0 Å². The van der Waals surface area contributed by atoms with E-state index in [2.05, 4.69) is 30.9 Å². The van der Waals surface area contributed by atoms with E-state index in [4.69, 9.17) is 0 Å². The highest BCUT2D eigenvalue weighted by atomic mass is 32.2. The largest absolute Gasteiger partial charge is 0.302 e. The molecular weight excluding hydrogens is 202 g/mol. The number of thioether (sulfide) groups is 1. The highest BCUT2D eigenvalue weighted by Gasteiger charge is 2.27. The maximum Gasteiger partial charge on any atom is 0.0617 e. The van der Waals surface area contributed by atoms with Crippen molar-refractivity contribution in [2.45, 2.75) is 70.1 Å².